The molecule has 19 heavy (non-hydrogen) atoms. The number of rotatable bonds is 3. The third kappa shape index (κ3) is 3.48. The van der Waals surface area contributed by atoms with Crippen molar-refractivity contribution >= 4 is 39.6 Å². The number of aromatic nitrogens is 1. The van der Waals surface area contributed by atoms with Crippen LogP contribution in [0, 0.1) is 0 Å². The molecular weight excluding hydrogens is 332 g/mol. The van der Waals surface area contributed by atoms with Gasteiger partial charge in [0.2, 0.25) is 0 Å². The zero-order valence-electron chi connectivity index (χ0n) is 10.1. The molecule has 1 unspecified atom stereocenters. The van der Waals surface area contributed by atoms with E-state index in [1.807, 2.05) is 0 Å². The molecule has 1 fully saturated rings. The fourth-order valence-corrected chi connectivity index (χ4v) is 3.48. The number of thioether (sulfide) groups is 1. The highest BCUT2D eigenvalue weighted by Gasteiger charge is 2.30. The Morgan fingerprint density at radius 2 is 2.37 bits per heavy atom. The quantitative estimate of drug-likeness (QED) is 0.906. The van der Waals surface area contributed by atoms with Crippen LogP contribution < -0.4 is 0 Å². The summed E-state index contributed by atoms with van der Waals surface area (Å²) >= 11 is 4.99. The highest BCUT2D eigenvalue weighted by molar-refractivity contribution is 9.10. The van der Waals surface area contributed by atoms with Gasteiger partial charge in [-0.25, -0.2) is 0 Å². The number of pyridine rings is 1. The summed E-state index contributed by atoms with van der Waals surface area (Å²) in [5, 5.41) is 8.92. The van der Waals surface area contributed by atoms with Gasteiger partial charge < -0.3 is 10.0 Å². The minimum Gasteiger partial charge on any atom is -0.481 e. The largest absolute Gasteiger partial charge is 0.481 e. The maximum atomic E-state index is 12.5. The van der Waals surface area contributed by atoms with Crippen molar-refractivity contribution in [3.63, 3.8) is 0 Å². The van der Waals surface area contributed by atoms with Crippen molar-refractivity contribution in [3.8, 4) is 0 Å². The Morgan fingerprint density at radius 3 is 3.05 bits per heavy atom. The van der Waals surface area contributed by atoms with Crippen molar-refractivity contribution in [1.29, 1.82) is 0 Å². The molecule has 0 bridgehead atoms. The topological polar surface area (TPSA) is 70.5 Å². The molecule has 0 saturated carbocycles. The standard InChI is InChI=1S/C12H13BrN2O3S/c13-10-6-14-2-1-9(10)12(18)15-3-4-19-7-8(15)5-11(16)17/h1-2,6,8H,3-5,7H2,(H,16,17). The van der Waals surface area contributed by atoms with Gasteiger partial charge in [-0.3, -0.25) is 14.6 Å². The molecule has 1 aromatic rings. The molecule has 0 spiro atoms. The lowest BCUT2D eigenvalue weighted by Crippen LogP contribution is -2.47. The molecule has 2 heterocycles. The van der Waals surface area contributed by atoms with E-state index in [9.17, 15) is 9.59 Å². The second-order valence-electron chi connectivity index (χ2n) is 4.18. The molecule has 0 aromatic carbocycles. The fraction of sp³-hybridized carbons (Fsp3) is 0.417. The highest BCUT2D eigenvalue weighted by atomic mass is 79.9. The second-order valence-corrected chi connectivity index (χ2v) is 6.18. The maximum absolute atomic E-state index is 12.5. The van der Waals surface area contributed by atoms with Crippen LogP contribution in [0.5, 0.6) is 0 Å². The van der Waals surface area contributed by atoms with Gasteiger partial charge in [-0.05, 0) is 22.0 Å². The Hall–Kier alpha value is -1.08. The molecule has 1 N–H and O–H groups in total. The van der Waals surface area contributed by atoms with Crippen LogP contribution in [0.1, 0.15) is 16.8 Å². The summed E-state index contributed by atoms with van der Waals surface area (Å²) < 4.78 is 0.632. The van der Waals surface area contributed by atoms with E-state index in [-0.39, 0.29) is 18.4 Å². The minimum atomic E-state index is -0.876. The molecule has 1 saturated heterocycles. The number of carbonyl (C=O) groups is 2. The lowest BCUT2D eigenvalue weighted by atomic mass is 10.1. The molecule has 0 radical (unpaired) electrons. The van der Waals surface area contributed by atoms with Crippen LogP contribution in [0.25, 0.3) is 0 Å². The first-order chi connectivity index (χ1) is 9.09. The van der Waals surface area contributed by atoms with Crippen molar-refractivity contribution in [1.82, 2.24) is 9.88 Å². The predicted molar refractivity (Wildman–Crippen MR) is 76.3 cm³/mol. The van der Waals surface area contributed by atoms with Crippen LogP contribution in [-0.4, -0.2) is 51.0 Å². The number of halogens is 1. The van der Waals surface area contributed by atoms with Gasteiger partial charge in [-0.1, -0.05) is 0 Å². The fourth-order valence-electron chi connectivity index (χ4n) is 2.00. The molecule has 1 amide bonds. The van der Waals surface area contributed by atoms with E-state index >= 15 is 0 Å². The number of amides is 1. The first kappa shape index (κ1) is 14.3. The van der Waals surface area contributed by atoms with Crippen LogP contribution >= 0.6 is 27.7 Å². The molecule has 1 atom stereocenters. The Kier molecular flexibility index (Phi) is 4.81. The molecule has 7 heteroatoms. The molecule has 102 valence electrons. The van der Waals surface area contributed by atoms with E-state index in [0.29, 0.717) is 22.3 Å². The summed E-state index contributed by atoms with van der Waals surface area (Å²) in [4.78, 5) is 28.9. The van der Waals surface area contributed by atoms with E-state index in [0.717, 1.165) is 5.75 Å². The van der Waals surface area contributed by atoms with E-state index < -0.39 is 5.97 Å². The first-order valence-corrected chi connectivity index (χ1v) is 7.74. The van der Waals surface area contributed by atoms with Crippen LogP contribution in [-0.2, 0) is 4.79 Å². The van der Waals surface area contributed by atoms with E-state index in [2.05, 4.69) is 20.9 Å². The molecular formula is C12H13BrN2O3S. The van der Waals surface area contributed by atoms with Crippen molar-refractivity contribution < 1.29 is 14.7 Å². The predicted octanol–water partition coefficient (Wildman–Crippen LogP) is 1.88. The third-order valence-electron chi connectivity index (χ3n) is 2.90. The number of carboxylic acids is 1. The van der Waals surface area contributed by atoms with Crippen molar-refractivity contribution in [2.75, 3.05) is 18.1 Å². The van der Waals surface area contributed by atoms with Gasteiger partial charge in [0.15, 0.2) is 0 Å². The number of aliphatic carboxylic acids is 1. The first-order valence-electron chi connectivity index (χ1n) is 5.79. The Bertz CT molecular complexity index is 498. The van der Waals surface area contributed by atoms with Gasteiger partial charge in [-0.2, -0.15) is 11.8 Å². The Labute approximate surface area is 123 Å². The summed E-state index contributed by atoms with van der Waals surface area (Å²) in [6, 6.07) is 1.40. The van der Waals surface area contributed by atoms with Gasteiger partial charge in [0, 0.05) is 34.9 Å². The zero-order chi connectivity index (χ0) is 13.8. The number of hydrogen-bond donors (Lipinski definition) is 1. The number of hydrogen-bond acceptors (Lipinski definition) is 4. The lowest BCUT2D eigenvalue weighted by molar-refractivity contribution is -0.138. The second kappa shape index (κ2) is 6.38. The van der Waals surface area contributed by atoms with Gasteiger partial charge in [0.05, 0.1) is 18.0 Å². The number of carboxylic acid groups (broad SMARTS) is 1. The SMILES string of the molecule is O=C(O)CC1CSCCN1C(=O)c1ccncc1Br. The Morgan fingerprint density at radius 1 is 1.58 bits per heavy atom. The molecule has 5 nitrogen and oxygen atoms in total. The van der Waals surface area contributed by atoms with Crippen LogP contribution in [0.3, 0.4) is 0 Å². The third-order valence-corrected chi connectivity index (χ3v) is 4.63. The van der Waals surface area contributed by atoms with Crippen molar-refractivity contribution in [2.45, 2.75) is 12.5 Å². The monoisotopic (exact) mass is 344 g/mol. The van der Waals surface area contributed by atoms with Gasteiger partial charge in [-0.15, -0.1) is 0 Å². The average Bonchev–Trinajstić information content (AvgIpc) is 2.38. The van der Waals surface area contributed by atoms with Gasteiger partial charge in [0.25, 0.3) is 5.91 Å². The summed E-state index contributed by atoms with van der Waals surface area (Å²) in [6.45, 7) is 0.580. The summed E-state index contributed by atoms with van der Waals surface area (Å²) in [6.07, 6.45) is 3.11. The zero-order valence-corrected chi connectivity index (χ0v) is 12.5. The van der Waals surface area contributed by atoms with Crippen LogP contribution in [0.15, 0.2) is 22.9 Å². The van der Waals surface area contributed by atoms with E-state index in [4.69, 9.17) is 5.11 Å². The number of nitrogens with zero attached hydrogens (tertiary/aromatic N) is 2. The van der Waals surface area contributed by atoms with Crippen molar-refractivity contribution in [2.24, 2.45) is 0 Å². The summed E-state index contributed by atoms with van der Waals surface area (Å²) in [5.74, 6) is 0.491. The molecule has 1 aliphatic heterocycles. The van der Waals surface area contributed by atoms with E-state index in [1.165, 1.54) is 0 Å². The smallest absolute Gasteiger partial charge is 0.305 e. The Balaban J connectivity index is 2.20. The molecule has 0 aliphatic carbocycles. The normalized spacial score (nSPS) is 19.2. The molecule has 1 aromatic heterocycles. The number of carbonyl (C=O) groups excluding carboxylic acids is 1. The minimum absolute atomic E-state index is 0.0125. The summed E-state index contributed by atoms with van der Waals surface area (Å²) in [7, 11) is 0. The van der Waals surface area contributed by atoms with Crippen LogP contribution in [0.4, 0.5) is 0 Å². The molecule has 1 aliphatic rings. The van der Waals surface area contributed by atoms with E-state index in [1.54, 1.807) is 35.1 Å². The average molecular weight is 345 g/mol. The van der Waals surface area contributed by atoms with Crippen LogP contribution in [0.2, 0.25) is 0 Å². The summed E-state index contributed by atoms with van der Waals surface area (Å²) in [5.41, 5.74) is 0.525. The van der Waals surface area contributed by atoms with Gasteiger partial charge >= 0.3 is 5.97 Å². The lowest BCUT2D eigenvalue weighted by Gasteiger charge is -2.34. The maximum Gasteiger partial charge on any atom is 0.305 e. The highest BCUT2D eigenvalue weighted by Crippen LogP contribution is 2.24. The van der Waals surface area contributed by atoms with Gasteiger partial charge in [0.1, 0.15) is 0 Å². The molecule has 2 rings (SSSR count). The van der Waals surface area contributed by atoms with Crippen molar-refractivity contribution in [3.05, 3.63) is 28.5 Å².